The molecule has 0 unspecified atom stereocenters. The fraction of sp³-hybridized carbons (Fsp3) is 0.333. The first-order valence-corrected chi connectivity index (χ1v) is 6.87. The van der Waals surface area contributed by atoms with Crippen molar-refractivity contribution in [3.8, 4) is 0 Å². The quantitative estimate of drug-likeness (QED) is 0.918. The van der Waals surface area contributed by atoms with Crippen LogP contribution in [0.5, 0.6) is 0 Å². The van der Waals surface area contributed by atoms with Crippen LogP contribution in [0, 0.1) is 0 Å². The van der Waals surface area contributed by atoms with E-state index in [1.807, 2.05) is 35.2 Å². The fourth-order valence-electron chi connectivity index (χ4n) is 2.58. The van der Waals surface area contributed by atoms with Crippen molar-refractivity contribution in [2.45, 2.75) is 19.4 Å². The van der Waals surface area contributed by atoms with Crippen LogP contribution in [0.3, 0.4) is 0 Å². The highest BCUT2D eigenvalue weighted by Gasteiger charge is 2.23. The topological polar surface area (TPSA) is 58.1 Å². The van der Waals surface area contributed by atoms with E-state index in [-0.39, 0.29) is 11.6 Å². The minimum Gasteiger partial charge on any atom is -0.337 e. The van der Waals surface area contributed by atoms with Crippen LogP contribution >= 0.6 is 0 Å². The number of hydrogen-bond acceptors (Lipinski definition) is 2. The van der Waals surface area contributed by atoms with Crippen molar-refractivity contribution in [1.82, 2.24) is 14.5 Å². The highest BCUT2D eigenvalue weighted by molar-refractivity contribution is 5.92. The van der Waals surface area contributed by atoms with Gasteiger partial charge in [-0.15, -0.1) is 0 Å². The number of amides is 1. The number of nitrogens with zero attached hydrogens (tertiary/aromatic N) is 2. The molecule has 20 heavy (non-hydrogen) atoms. The Balaban J connectivity index is 1.89. The number of carbonyl (C=O) groups excluding carboxylic acids is 1. The second kappa shape index (κ2) is 5.36. The van der Waals surface area contributed by atoms with Crippen molar-refractivity contribution in [1.29, 1.82) is 0 Å². The molecule has 3 rings (SSSR count). The van der Waals surface area contributed by atoms with E-state index >= 15 is 0 Å². The van der Waals surface area contributed by atoms with Crippen LogP contribution in [-0.2, 0) is 6.54 Å². The Labute approximate surface area is 116 Å². The summed E-state index contributed by atoms with van der Waals surface area (Å²) in [6.45, 7) is 1.98. The van der Waals surface area contributed by atoms with Crippen LogP contribution in [-0.4, -0.2) is 33.4 Å². The molecule has 1 aromatic carbocycles. The average molecular weight is 271 g/mol. The zero-order chi connectivity index (χ0) is 13.9. The molecule has 1 aromatic heterocycles. The molecule has 1 aliphatic heterocycles. The highest BCUT2D eigenvalue weighted by Crippen LogP contribution is 2.12. The third kappa shape index (κ3) is 2.39. The maximum Gasteiger partial charge on any atom is 0.326 e. The number of hydrogen-bond donors (Lipinski definition) is 1. The molecule has 1 aliphatic rings. The van der Waals surface area contributed by atoms with Crippen LogP contribution in [0.1, 0.15) is 28.9 Å². The van der Waals surface area contributed by atoms with Crippen molar-refractivity contribution in [2.75, 3.05) is 13.1 Å². The van der Waals surface area contributed by atoms with Crippen LogP contribution in [0.4, 0.5) is 0 Å². The van der Waals surface area contributed by atoms with Crippen LogP contribution in [0.15, 0.2) is 41.3 Å². The molecule has 104 valence electrons. The second-order valence-electron chi connectivity index (χ2n) is 5.05. The van der Waals surface area contributed by atoms with Crippen LogP contribution in [0.25, 0.3) is 0 Å². The first-order chi connectivity index (χ1) is 9.75. The van der Waals surface area contributed by atoms with E-state index in [0.717, 1.165) is 31.5 Å². The molecule has 1 N–H and O–H groups in total. The van der Waals surface area contributed by atoms with Crippen molar-refractivity contribution < 1.29 is 4.79 Å². The molecule has 0 spiro atoms. The molecule has 5 nitrogen and oxygen atoms in total. The number of imidazole rings is 1. The summed E-state index contributed by atoms with van der Waals surface area (Å²) >= 11 is 0. The normalized spacial score (nSPS) is 14.7. The van der Waals surface area contributed by atoms with E-state index in [9.17, 15) is 9.59 Å². The Kier molecular flexibility index (Phi) is 3.41. The summed E-state index contributed by atoms with van der Waals surface area (Å²) in [4.78, 5) is 28.7. The number of aromatic nitrogens is 2. The molecule has 0 saturated carbocycles. The largest absolute Gasteiger partial charge is 0.337 e. The number of carbonyl (C=O) groups is 1. The van der Waals surface area contributed by atoms with Gasteiger partial charge in [-0.05, 0) is 18.4 Å². The van der Waals surface area contributed by atoms with Gasteiger partial charge in [-0.2, -0.15) is 0 Å². The number of H-pyrrole nitrogens is 1. The van der Waals surface area contributed by atoms with Crippen LogP contribution < -0.4 is 5.69 Å². The summed E-state index contributed by atoms with van der Waals surface area (Å²) in [6, 6.07) is 9.68. The van der Waals surface area contributed by atoms with Gasteiger partial charge in [0.1, 0.15) is 5.69 Å². The molecule has 1 amide bonds. The van der Waals surface area contributed by atoms with E-state index in [1.165, 1.54) is 10.8 Å². The summed E-state index contributed by atoms with van der Waals surface area (Å²) in [5.74, 6) is -0.0585. The zero-order valence-electron chi connectivity index (χ0n) is 11.2. The van der Waals surface area contributed by atoms with Gasteiger partial charge in [0, 0.05) is 19.3 Å². The lowest BCUT2D eigenvalue weighted by molar-refractivity contribution is 0.0782. The summed E-state index contributed by atoms with van der Waals surface area (Å²) in [5, 5.41) is 0. The van der Waals surface area contributed by atoms with Gasteiger partial charge in [-0.25, -0.2) is 4.79 Å². The van der Waals surface area contributed by atoms with E-state index in [1.54, 1.807) is 0 Å². The minimum absolute atomic E-state index is 0.0585. The number of aromatic amines is 1. The predicted octanol–water partition coefficient (Wildman–Crippen LogP) is 1.46. The van der Waals surface area contributed by atoms with Crippen LogP contribution in [0.2, 0.25) is 0 Å². The molecular weight excluding hydrogens is 254 g/mol. The average Bonchev–Trinajstić information content (AvgIpc) is 3.11. The van der Waals surface area contributed by atoms with Gasteiger partial charge in [-0.1, -0.05) is 30.3 Å². The Morgan fingerprint density at radius 1 is 1.15 bits per heavy atom. The van der Waals surface area contributed by atoms with Gasteiger partial charge in [-0.3, -0.25) is 9.36 Å². The van der Waals surface area contributed by atoms with E-state index in [0.29, 0.717) is 12.2 Å². The first kappa shape index (κ1) is 12.7. The van der Waals surface area contributed by atoms with Crippen molar-refractivity contribution in [3.63, 3.8) is 0 Å². The molecule has 0 radical (unpaired) electrons. The minimum atomic E-state index is -0.239. The third-order valence-electron chi connectivity index (χ3n) is 3.66. The molecule has 0 bridgehead atoms. The van der Waals surface area contributed by atoms with Crippen molar-refractivity contribution in [2.24, 2.45) is 0 Å². The molecule has 2 aromatic rings. The van der Waals surface area contributed by atoms with Gasteiger partial charge in [0.2, 0.25) is 0 Å². The van der Waals surface area contributed by atoms with Gasteiger partial charge in [0.25, 0.3) is 5.91 Å². The van der Waals surface area contributed by atoms with Gasteiger partial charge in [0.05, 0.1) is 6.54 Å². The third-order valence-corrected chi connectivity index (χ3v) is 3.66. The van der Waals surface area contributed by atoms with E-state index in [2.05, 4.69) is 4.98 Å². The maximum atomic E-state index is 12.4. The van der Waals surface area contributed by atoms with E-state index < -0.39 is 0 Å². The highest BCUT2D eigenvalue weighted by atomic mass is 16.2. The summed E-state index contributed by atoms with van der Waals surface area (Å²) in [6.07, 6.45) is 3.60. The summed E-state index contributed by atoms with van der Waals surface area (Å²) in [5.41, 5.74) is 1.21. The van der Waals surface area contributed by atoms with Crippen molar-refractivity contribution >= 4 is 5.91 Å². The maximum absolute atomic E-state index is 12.4. The smallest absolute Gasteiger partial charge is 0.326 e. The molecule has 1 saturated heterocycles. The lowest BCUT2D eigenvalue weighted by atomic mass is 10.2. The second-order valence-corrected chi connectivity index (χ2v) is 5.05. The molecule has 0 atom stereocenters. The summed E-state index contributed by atoms with van der Waals surface area (Å²) < 4.78 is 1.51. The fourth-order valence-corrected chi connectivity index (χ4v) is 2.58. The molecule has 1 fully saturated rings. The predicted molar refractivity (Wildman–Crippen MR) is 75.7 cm³/mol. The number of likely N-dealkylation sites (tertiary alicyclic amines) is 1. The van der Waals surface area contributed by atoms with Gasteiger partial charge in [0.15, 0.2) is 0 Å². The standard InChI is InChI=1S/C15H17N3O2/c19-14(17-8-4-5-9-17)13-10-16-15(20)18(13)11-12-6-2-1-3-7-12/h1-3,6-7,10H,4-5,8-9,11H2,(H,16,20). The number of nitrogens with one attached hydrogen (secondary N) is 1. The Morgan fingerprint density at radius 2 is 1.85 bits per heavy atom. The lowest BCUT2D eigenvalue weighted by Crippen LogP contribution is -2.31. The first-order valence-electron chi connectivity index (χ1n) is 6.87. The SMILES string of the molecule is O=C(c1c[nH]c(=O)n1Cc1ccccc1)N1CCCC1. The van der Waals surface area contributed by atoms with Crippen molar-refractivity contribution in [3.05, 3.63) is 58.3 Å². The molecule has 5 heteroatoms. The molecule has 2 heterocycles. The number of benzene rings is 1. The monoisotopic (exact) mass is 271 g/mol. The summed E-state index contributed by atoms with van der Waals surface area (Å²) in [7, 11) is 0. The van der Waals surface area contributed by atoms with Gasteiger partial charge >= 0.3 is 5.69 Å². The lowest BCUT2D eigenvalue weighted by Gasteiger charge is -2.16. The zero-order valence-corrected chi connectivity index (χ0v) is 11.2. The Bertz CT molecular complexity index is 651. The van der Waals surface area contributed by atoms with E-state index in [4.69, 9.17) is 0 Å². The Morgan fingerprint density at radius 3 is 2.55 bits per heavy atom. The molecular formula is C15H17N3O2. The number of rotatable bonds is 3. The Hall–Kier alpha value is -2.30. The van der Waals surface area contributed by atoms with Gasteiger partial charge < -0.3 is 9.88 Å². The molecule has 0 aliphatic carbocycles.